The summed E-state index contributed by atoms with van der Waals surface area (Å²) in [5, 5.41) is 3.95. The van der Waals surface area contributed by atoms with Crippen molar-refractivity contribution in [3.63, 3.8) is 0 Å². The summed E-state index contributed by atoms with van der Waals surface area (Å²) in [5.74, 6) is 0.656. The van der Waals surface area contributed by atoms with Gasteiger partial charge in [0.1, 0.15) is 5.75 Å². The van der Waals surface area contributed by atoms with Crippen LogP contribution in [0, 0.1) is 0 Å². The van der Waals surface area contributed by atoms with Crippen LogP contribution in [0.3, 0.4) is 0 Å². The Kier molecular flexibility index (Phi) is 3.40. The minimum absolute atomic E-state index is 0.620. The van der Waals surface area contributed by atoms with Crippen molar-refractivity contribution < 1.29 is 4.74 Å². The van der Waals surface area contributed by atoms with E-state index in [2.05, 4.69) is 5.32 Å². The molecule has 0 spiro atoms. The lowest BCUT2D eigenvalue weighted by atomic mass is 10.2. The van der Waals surface area contributed by atoms with Crippen molar-refractivity contribution in [2.45, 2.75) is 0 Å². The van der Waals surface area contributed by atoms with Crippen molar-refractivity contribution in [1.29, 1.82) is 0 Å². The lowest BCUT2D eigenvalue weighted by Gasteiger charge is -2.09. The normalized spacial score (nSPS) is 10.0. The highest BCUT2D eigenvalue weighted by atomic mass is 35.5. The Morgan fingerprint density at radius 3 is 2.35 bits per heavy atom. The molecule has 0 fully saturated rings. The molecule has 0 heterocycles. The van der Waals surface area contributed by atoms with Gasteiger partial charge in [-0.05, 0) is 36.4 Å². The third-order valence-corrected chi connectivity index (χ3v) is 2.62. The van der Waals surface area contributed by atoms with Gasteiger partial charge >= 0.3 is 0 Å². The quantitative estimate of drug-likeness (QED) is 0.815. The molecule has 3 nitrogen and oxygen atoms in total. The van der Waals surface area contributed by atoms with E-state index in [9.17, 15) is 0 Å². The predicted molar refractivity (Wildman–Crippen MR) is 72.1 cm³/mol. The van der Waals surface area contributed by atoms with Crippen LogP contribution >= 0.6 is 11.6 Å². The Hall–Kier alpha value is -1.87. The number of anilines is 3. The van der Waals surface area contributed by atoms with Crippen LogP contribution in [0.15, 0.2) is 42.5 Å². The maximum atomic E-state index is 5.82. The Morgan fingerprint density at radius 2 is 1.71 bits per heavy atom. The number of rotatable bonds is 3. The number of methoxy groups -OCH3 is 1. The van der Waals surface area contributed by atoms with Gasteiger partial charge in [0.05, 0.1) is 12.8 Å². The van der Waals surface area contributed by atoms with Gasteiger partial charge in [-0.15, -0.1) is 0 Å². The molecule has 0 aliphatic rings. The first kappa shape index (κ1) is 11.6. The Morgan fingerprint density at radius 1 is 1.06 bits per heavy atom. The first-order chi connectivity index (χ1) is 8.19. The molecule has 0 aliphatic heterocycles. The van der Waals surface area contributed by atoms with Crippen LogP contribution in [0.25, 0.3) is 0 Å². The van der Waals surface area contributed by atoms with Gasteiger partial charge in [0, 0.05) is 22.5 Å². The average Bonchev–Trinajstić information content (AvgIpc) is 2.34. The monoisotopic (exact) mass is 248 g/mol. The fourth-order valence-electron chi connectivity index (χ4n) is 1.49. The van der Waals surface area contributed by atoms with Crippen molar-refractivity contribution in [2.24, 2.45) is 0 Å². The number of benzene rings is 2. The largest absolute Gasteiger partial charge is 0.495 e. The highest BCUT2D eigenvalue weighted by Crippen LogP contribution is 2.27. The van der Waals surface area contributed by atoms with Gasteiger partial charge < -0.3 is 15.8 Å². The van der Waals surface area contributed by atoms with Gasteiger partial charge in [-0.1, -0.05) is 11.6 Å². The second-order valence-electron chi connectivity index (χ2n) is 3.59. The molecule has 0 atom stereocenters. The minimum atomic E-state index is 0.620. The number of halogens is 1. The van der Waals surface area contributed by atoms with Gasteiger partial charge in [-0.3, -0.25) is 0 Å². The highest BCUT2D eigenvalue weighted by molar-refractivity contribution is 6.30. The maximum absolute atomic E-state index is 5.82. The van der Waals surface area contributed by atoms with Crippen molar-refractivity contribution in [3.8, 4) is 5.75 Å². The van der Waals surface area contributed by atoms with E-state index >= 15 is 0 Å². The van der Waals surface area contributed by atoms with Crippen LogP contribution in [0.1, 0.15) is 0 Å². The van der Waals surface area contributed by atoms with Gasteiger partial charge in [-0.25, -0.2) is 0 Å². The molecule has 88 valence electrons. The van der Waals surface area contributed by atoms with Gasteiger partial charge in [-0.2, -0.15) is 0 Å². The molecule has 0 amide bonds. The Labute approximate surface area is 105 Å². The first-order valence-electron chi connectivity index (χ1n) is 5.15. The number of ether oxygens (including phenoxy) is 1. The highest BCUT2D eigenvalue weighted by Gasteiger charge is 2.01. The lowest BCUT2D eigenvalue weighted by Crippen LogP contribution is -1.95. The molecule has 0 saturated heterocycles. The molecule has 2 aromatic rings. The smallest absolute Gasteiger partial charge is 0.143 e. The van der Waals surface area contributed by atoms with E-state index in [0.29, 0.717) is 16.5 Å². The Bertz CT molecular complexity index is 511. The second kappa shape index (κ2) is 4.97. The van der Waals surface area contributed by atoms with Crippen LogP contribution in [-0.2, 0) is 0 Å². The van der Waals surface area contributed by atoms with Crippen molar-refractivity contribution in [3.05, 3.63) is 47.5 Å². The molecule has 0 unspecified atom stereocenters. The van der Waals surface area contributed by atoms with Crippen molar-refractivity contribution in [1.82, 2.24) is 0 Å². The average molecular weight is 249 g/mol. The molecule has 0 radical (unpaired) electrons. The number of nitrogens with two attached hydrogens (primary N) is 1. The molecule has 0 aliphatic carbocycles. The van der Waals surface area contributed by atoms with Crippen LogP contribution in [0.4, 0.5) is 17.1 Å². The molecule has 4 heteroatoms. The Balaban J connectivity index is 2.21. The molecule has 0 bridgehead atoms. The molecule has 0 aromatic heterocycles. The summed E-state index contributed by atoms with van der Waals surface area (Å²) < 4.78 is 5.16. The zero-order valence-electron chi connectivity index (χ0n) is 9.41. The number of hydrogen-bond acceptors (Lipinski definition) is 3. The van der Waals surface area contributed by atoms with Crippen LogP contribution in [0.5, 0.6) is 5.75 Å². The van der Waals surface area contributed by atoms with Crippen LogP contribution < -0.4 is 15.8 Å². The van der Waals surface area contributed by atoms with E-state index in [0.717, 1.165) is 11.4 Å². The zero-order valence-corrected chi connectivity index (χ0v) is 10.2. The topological polar surface area (TPSA) is 47.3 Å². The van der Waals surface area contributed by atoms with E-state index in [1.165, 1.54) is 0 Å². The zero-order chi connectivity index (χ0) is 12.3. The molecular formula is C13H13ClN2O. The molecule has 17 heavy (non-hydrogen) atoms. The fraction of sp³-hybridized carbons (Fsp3) is 0.0769. The lowest BCUT2D eigenvalue weighted by molar-refractivity contribution is 0.417. The summed E-state index contributed by atoms with van der Waals surface area (Å²) in [7, 11) is 1.60. The third-order valence-electron chi connectivity index (χ3n) is 2.37. The number of nitrogen functional groups attached to an aromatic ring is 1. The SMILES string of the molecule is COc1cc(Nc2ccc(Cl)cc2)ccc1N. The number of hydrogen-bond donors (Lipinski definition) is 2. The van der Waals surface area contributed by atoms with Crippen LogP contribution in [0.2, 0.25) is 5.02 Å². The summed E-state index contributed by atoms with van der Waals surface area (Å²) in [4.78, 5) is 0. The standard InChI is InChI=1S/C13H13ClN2O/c1-17-13-8-11(6-7-12(13)15)16-10-4-2-9(14)3-5-10/h2-8,16H,15H2,1H3. The molecular weight excluding hydrogens is 236 g/mol. The fourth-order valence-corrected chi connectivity index (χ4v) is 1.61. The second-order valence-corrected chi connectivity index (χ2v) is 4.03. The first-order valence-corrected chi connectivity index (χ1v) is 5.53. The van der Waals surface area contributed by atoms with Crippen LogP contribution in [-0.4, -0.2) is 7.11 Å². The third kappa shape index (κ3) is 2.82. The summed E-state index contributed by atoms with van der Waals surface area (Å²) in [6, 6.07) is 13.0. The molecule has 2 aromatic carbocycles. The van der Waals surface area contributed by atoms with E-state index in [1.807, 2.05) is 36.4 Å². The van der Waals surface area contributed by atoms with E-state index < -0.39 is 0 Å². The molecule has 3 N–H and O–H groups in total. The number of nitrogens with one attached hydrogen (secondary N) is 1. The van der Waals surface area contributed by atoms with Gasteiger partial charge in [0.2, 0.25) is 0 Å². The summed E-state index contributed by atoms with van der Waals surface area (Å²) >= 11 is 5.82. The van der Waals surface area contributed by atoms with E-state index in [1.54, 1.807) is 13.2 Å². The van der Waals surface area contributed by atoms with E-state index in [4.69, 9.17) is 22.1 Å². The maximum Gasteiger partial charge on any atom is 0.143 e. The minimum Gasteiger partial charge on any atom is -0.495 e. The molecule has 2 rings (SSSR count). The van der Waals surface area contributed by atoms with Crippen molar-refractivity contribution in [2.75, 3.05) is 18.2 Å². The van der Waals surface area contributed by atoms with Crippen molar-refractivity contribution >= 4 is 28.7 Å². The summed E-state index contributed by atoms with van der Waals surface area (Å²) in [6.07, 6.45) is 0. The summed E-state index contributed by atoms with van der Waals surface area (Å²) in [5.41, 5.74) is 8.24. The molecule has 0 saturated carbocycles. The van der Waals surface area contributed by atoms with Gasteiger partial charge in [0.15, 0.2) is 0 Å². The van der Waals surface area contributed by atoms with Gasteiger partial charge in [0.25, 0.3) is 0 Å². The predicted octanol–water partition coefficient (Wildman–Crippen LogP) is 3.67. The van der Waals surface area contributed by atoms with E-state index in [-0.39, 0.29) is 0 Å². The summed E-state index contributed by atoms with van der Waals surface area (Å²) in [6.45, 7) is 0.